The molecule has 3 rings (SSSR count). The van der Waals surface area contributed by atoms with E-state index in [-0.39, 0.29) is 10.7 Å². The summed E-state index contributed by atoms with van der Waals surface area (Å²) in [7, 11) is 0. The van der Waals surface area contributed by atoms with Crippen LogP contribution in [0.2, 0.25) is 5.02 Å². The Morgan fingerprint density at radius 1 is 1.15 bits per heavy atom. The van der Waals surface area contributed by atoms with Crippen molar-refractivity contribution in [2.24, 2.45) is 0 Å². The first-order chi connectivity index (χ1) is 12.8. The summed E-state index contributed by atoms with van der Waals surface area (Å²) in [5, 5.41) is 6.01. The minimum absolute atomic E-state index is 0.199. The summed E-state index contributed by atoms with van der Waals surface area (Å²) in [6.45, 7) is 1.63. The van der Waals surface area contributed by atoms with Crippen molar-refractivity contribution in [3.63, 3.8) is 0 Å². The Bertz CT molecular complexity index is 1020. The maximum Gasteiger partial charge on any atom is 0.267 e. The summed E-state index contributed by atoms with van der Waals surface area (Å²) < 4.78 is 14.3. The molecule has 0 saturated carbocycles. The Labute approximate surface area is 163 Å². The maximum absolute atomic E-state index is 14.3. The van der Waals surface area contributed by atoms with Gasteiger partial charge in [0, 0.05) is 16.4 Å². The Kier molecular flexibility index (Phi) is 5.38. The molecule has 0 unspecified atom stereocenters. The highest BCUT2D eigenvalue weighted by Gasteiger charge is 2.17. The summed E-state index contributed by atoms with van der Waals surface area (Å²) in [6, 6.07) is 8.89. The average molecular weight is 405 g/mol. The zero-order valence-corrected chi connectivity index (χ0v) is 15.6. The number of hydrogen-bond acceptors (Lipinski definition) is 5. The molecular formula is C18H14ClFN4O2S. The molecule has 2 aromatic carbocycles. The minimum Gasteiger partial charge on any atom is -0.375 e. The molecule has 0 radical (unpaired) electrons. The van der Waals surface area contributed by atoms with Gasteiger partial charge in [0.15, 0.2) is 5.13 Å². The number of nitrogens with two attached hydrogens (primary N) is 1. The molecule has 9 heteroatoms. The SMILES string of the molecule is Cc1cc(F)c(C(=O)Nc2ccc(Cl)cc2)cc1NC(=O)c1cnc(N)s1. The van der Waals surface area contributed by atoms with E-state index >= 15 is 0 Å². The van der Waals surface area contributed by atoms with Gasteiger partial charge in [0.25, 0.3) is 11.8 Å². The predicted octanol–water partition coefficient (Wildman–Crippen LogP) is 4.33. The van der Waals surface area contributed by atoms with Crippen molar-refractivity contribution in [1.29, 1.82) is 0 Å². The number of aryl methyl sites for hydroxylation is 1. The van der Waals surface area contributed by atoms with Crippen LogP contribution >= 0.6 is 22.9 Å². The lowest BCUT2D eigenvalue weighted by Crippen LogP contribution is -2.16. The van der Waals surface area contributed by atoms with E-state index in [1.165, 1.54) is 18.3 Å². The number of nitrogens with zero attached hydrogens (tertiary/aromatic N) is 1. The fraction of sp³-hybridized carbons (Fsp3) is 0.0556. The molecule has 0 aliphatic carbocycles. The topological polar surface area (TPSA) is 97.1 Å². The number of nitrogen functional groups attached to an aromatic ring is 1. The van der Waals surface area contributed by atoms with Crippen LogP contribution in [-0.2, 0) is 0 Å². The lowest BCUT2D eigenvalue weighted by molar-refractivity contribution is 0.101. The lowest BCUT2D eigenvalue weighted by atomic mass is 10.1. The third-order valence-corrected chi connectivity index (χ3v) is 4.73. The number of carbonyl (C=O) groups is 2. The van der Waals surface area contributed by atoms with Gasteiger partial charge in [-0.3, -0.25) is 9.59 Å². The first-order valence-electron chi connectivity index (χ1n) is 7.73. The zero-order chi connectivity index (χ0) is 19.6. The Balaban J connectivity index is 1.83. The van der Waals surface area contributed by atoms with Crippen molar-refractivity contribution in [1.82, 2.24) is 4.98 Å². The van der Waals surface area contributed by atoms with Crippen LogP contribution in [0, 0.1) is 12.7 Å². The van der Waals surface area contributed by atoms with Gasteiger partial charge >= 0.3 is 0 Å². The van der Waals surface area contributed by atoms with Gasteiger partial charge in [0.2, 0.25) is 0 Å². The number of carbonyl (C=O) groups excluding carboxylic acids is 2. The first-order valence-corrected chi connectivity index (χ1v) is 8.92. The largest absolute Gasteiger partial charge is 0.375 e. The lowest BCUT2D eigenvalue weighted by Gasteiger charge is -2.12. The molecule has 0 fully saturated rings. The van der Waals surface area contributed by atoms with Crippen LogP contribution < -0.4 is 16.4 Å². The summed E-state index contributed by atoms with van der Waals surface area (Å²) >= 11 is 6.83. The summed E-state index contributed by atoms with van der Waals surface area (Å²) in [6.07, 6.45) is 1.35. The van der Waals surface area contributed by atoms with Crippen molar-refractivity contribution in [2.75, 3.05) is 16.4 Å². The van der Waals surface area contributed by atoms with Crippen LogP contribution in [-0.4, -0.2) is 16.8 Å². The predicted molar refractivity (Wildman–Crippen MR) is 105 cm³/mol. The standard InChI is InChI=1S/C18H14ClFN4O2S/c1-9-6-13(20)12(16(25)23-11-4-2-10(19)3-5-11)7-14(9)24-17(26)15-8-22-18(21)27-15/h2-8H,1H3,(H2,21,22)(H,23,25)(H,24,26). The van der Waals surface area contributed by atoms with Crippen LogP contribution in [0.4, 0.5) is 20.9 Å². The number of hydrogen-bond donors (Lipinski definition) is 3. The average Bonchev–Trinajstić information content (AvgIpc) is 3.05. The van der Waals surface area contributed by atoms with Gasteiger partial charge < -0.3 is 16.4 Å². The van der Waals surface area contributed by atoms with Gasteiger partial charge in [-0.05, 0) is 48.9 Å². The van der Waals surface area contributed by atoms with Crippen molar-refractivity contribution >= 4 is 51.3 Å². The second-order valence-corrected chi connectivity index (χ2v) is 7.12. The second-order valence-electron chi connectivity index (χ2n) is 5.62. The molecule has 6 nitrogen and oxygen atoms in total. The van der Waals surface area contributed by atoms with E-state index in [1.54, 1.807) is 31.2 Å². The highest BCUT2D eigenvalue weighted by atomic mass is 35.5. The number of nitrogens with one attached hydrogen (secondary N) is 2. The monoisotopic (exact) mass is 404 g/mol. The van der Waals surface area contributed by atoms with Gasteiger partial charge in [-0.25, -0.2) is 9.37 Å². The molecule has 3 aromatic rings. The molecule has 4 N–H and O–H groups in total. The number of aromatic nitrogens is 1. The molecule has 2 amide bonds. The molecule has 0 atom stereocenters. The normalized spacial score (nSPS) is 10.5. The molecule has 138 valence electrons. The number of benzene rings is 2. The van der Waals surface area contributed by atoms with E-state index < -0.39 is 17.6 Å². The van der Waals surface area contributed by atoms with Gasteiger partial charge in [0.1, 0.15) is 10.7 Å². The van der Waals surface area contributed by atoms with E-state index in [0.29, 0.717) is 26.8 Å². The van der Waals surface area contributed by atoms with Crippen LogP contribution in [0.25, 0.3) is 0 Å². The van der Waals surface area contributed by atoms with Crippen molar-refractivity contribution < 1.29 is 14.0 Å². The maximum atomic E-state index is 14.3. The van der Waals surface area contributed by atoms with Crippen molar-refractivity contribution in [3.05, 3.63) is 69.4 Å². The molecule has 1 aromatic heterocycles. The van der Waals surface area contributed by atoms with E-state index in [9.17, 15) is 14.0 Å². The van der Waals surface area contributed by atoms with E-state index in [0.717, 1.165) is 11.3 Å². The fourth-order valence-corrected chi connectivity index (χ4v) is 3.00. The summed E-state index contributed by atoms with van der Waals surface area (Å²) in [4.78, 5) is 28.8. The third-order valence-electron chi connectivity index (χ3n) is 3.66. The molecular weight excluding hydrogens is 391 g/mol. The highest BCUT2D eigenvalue weighted by molar-refractivity contribution is 7.17. The highest BCUT2D eigenvalue weighted by Crippen LogP contribution is 2.24. The van der Waals surface area contributed by atoms with Crippen LogP contribution in [0.1, 0.15) is 25.6 Å². The number of thiazole rings is 1. The third kappa shape index (κ3) is 4.42. The van der Waals surface area contributed by atoms with E-state index in [1.807, 2.05) is 0 Å². The number of rotatable bonds is 4. The number of anilines is 3. The zero-order valence-electron chi connectivity index (χ0n) is 14.0. The van der Waals surface area contributed by atoms with Gasteiger partial charge in [-0.2, -0.15) is 0 Å². The molecule has 0 aliphatic rings. The van der Waals surface area contributed by atoms with Crippen molar-refractivity contribution in [2.45, 2.75) is 6.92 Å². The molecule has 0 spiro atoms. The number of amides is 2. The van der Waals surface area contributed by atoms with Crippen LogP contribution in [0.5, 0.6) is 0 Å². The fourth-order valence-electron chi connectivity index (χ4n) is 2.29. The van der Waals surface area contributed by atoms with Crippen LogP contribution in [0.15, 0.2) is 42.6 Å². The summed E-state index contributed by atoms with van der Waals surface area (Å²) in [5.41, 5.74) is 6.58. The summed E-state index contributed by atoms with van der Waals surface area (Å²) in [5.74, 6) is -1.78. The van der Waals surface area contributed by atoms with Crippen LogP contribution in [0.3, 0.4) is 0 Å². The van der Waals surface area contributed by atoms with Gasteiger partial charge in [0.05, 0.1) is 11.8 Å². The molecule has 1 heterocycles. The quantitative estimate of drug-likeness (QED) is 0.602. The Hall–Kier alpha value is -2.97. The van der Waals surface area contributed by atoms with Crippen molar-refractivity contribution in [3.8, 4) is 0 Å². The minimum atomic E-state index is -0.695. The number of halogens is 2. The Morgan fingerprint density at radius 3 is 2.48 bits per heavy atom. The van der Waals surface area contributed by atoms with Gasteiger partial charge in [-0.15, -0.1) is 0 Å². The molecule has 27 heavy (non-hydrogen) atoms. The van der Waals surface area contributed by atoms with Gasteiger partial charge in [-0.1, -0.05) is 22.9 Å². The smallest absolute Gasteiger partial charge is 0.267 e. The van der Waals surface area contributed by atoms with E-state index in [2.05, 4.69) is 15.6 Å². The molecule has 0 saturated heterocycles. The van der Waals surface area contributed by atoms with E-state index in [4.69, 9.17) is 17.3 Å². The first kappa shape index (κ1) is 18.8. The molecule has 0 aliphatic heterocycles. The Morgan fingerprint density at radius 2 is 1.85 bits per heavy atom. The molecule has 0 bridgehead atoms. The second kappa shape index (κ2) is 7.73.